The molecule has 0 aliphatic carbocycles. The van der Waals surface area contributed by atoms with Gasteiger partial charge in [0.15, 0.2) is 6.10 Å². The van der Waals surface area contributed by atoms with Crippen molar-refractivity contribution in [2.75, 3.05) is 13.2 Å². The van der Waals surface area contributed by atoms with E-state index in [4.69, 9.17) is 23.7 Å². The van der Waals surface area contributed by atoms with Gasteiger partial charge in [-0.1, -0.05) is 102 Å². The summed E-state index contributed by atoms with van der Waals surface area (Å²) < 4.78 is 68.5. The van der Waals surface area contributed by atoms with Gasteiger partial charge < -0.3 is 23.7 Å². The first-order valence-corrected chi connectivity index (χ1v) is 18.9. The van der Waals surface area contributed by atoms with Crippen LogP contribution in [0.25, 0.3) is 11.1 Å². The summed E-state index contributed by atoms with van der Waals surface area (Å²) in [5, 5.41) is 0. The van der Waals surface area contributed by atoms with Crippen molar-refractivity contribution in [3.63, 3.8) is 0 Å². The van der Waals surface area contributed by atoms with Gasteiger partial charge >= 0.3 is 18.1 Å². The van der Waals surface area contributed by atoms with Gasteiger partial charge in [0.05, 0.1) is 23.8 Å². The first kappa shape index (κ1) is 40.9. The maximum absolute atomic E-state index is 13.7. The molecule has 1 aliphatic heterocycles. The van der Waals surface area contributed by atoms with Crippen LogP contribution in [0.1, 0.15) is 124 Å². The van der Waals surface area contributed by atoms with Crippen molar-refractivity contribution in [3.8, 4) is 22.6 Å². The fourth-order valence-corrected chi connectivity index (χ4v) is 6.06. The van der Waals surface area contributed by atoms with Gasteiger partial charge in [-0.05, 0) is 78.9 Å². The van der Waals surface area contributed by atoms with Crippen LogP contribution in [0.15, 0.2) is 72.8 Å². The lowest BCUT2D eigenvalue weighted by Gasteiger charge is -2.36. The molecule has 1 aliphatic rings. The molecule has 1 saturated heterocycles. The maximum Gasteiger partial charge on any atom is 0.417 e. The minimum absolute atomic E-state index is 0.0481. The van der Waals surface area contributed by atoms with E-state index in [0.717, 1.165) is 42.6 Å². The Morgan fingerprint density at radius 1 is 0.635 bits per heavy atom. The predicted molar refractivity (Wildman–Crippen MR) is 195 cm³/mol. The summed E-state index contributed by atoms with van der Waals surface area (Å²) in [6, 6.07) is 20.5. The molecule has 1 fully saturated rings. The SMILES string of the molecule is CCCCCCCCCCOc1ccc(-c2ccc(C(=O)Oc3ccc(C(=O)O[C@H]4CC[C@H](OCCCCCC)[C@@H](C(F)(F)F)O4)cc3)cc2)cc1. The third kappa shape index (κ3) is 13.6. The molecule has 0 bridgehead atoms. The number of alkyl halides is 3. The fourth-order valence-electron chi connectivity index (χ4n) is 6.06. The number of hydrogen-bond acceptors (Lipinski definition) is 7. The molecule has 0 saturated carbocycles. The molecule has 10 heteroatoms. The number of esters is 2. The number of ether oxygens (including phenoxy) is 5. The molecule has 0 unspecified atom stereocenters. The smallest absolute Gasteiger partial charge is 0.417 e. The molecular weight excluding hydrogens is 673 g/mol. The van der Waals surface area contributed by atoms with Crippen molar-refractivity contribution in [1.29, 1.82) is 0 Å². The molecule has 52 heavy (non-hydrogen) atoms. The van der Waals surface area contributed by atoms with E-state index in [-0.39, 0.29) is 30.8 Å². The summed E-state index contributed by atoms with van der Waals surface area (Å²) in [5.41, 5.74) is 2.34. The highest BCUT2D eigenvalue weighted by atomic mass is 19.4. The summed E-state index contributed by atoms with van der Waals surface area (Å²) >= 11 is 0. The number of rotatable bonds is 21. The molecule has 3 atom stereocenters. The standard InChI is InChI=1S/C42H53F3O7/c1-3-5-7-9-10-11-12-14-29-48-35-23-19-32(20-24-35)31-15-17-33(18-16-31)40(46)50-36-25-21-34(22-26-36)41(47)52-38-28-27-37(39(51-38)42(43,44)45)49-30-13-8-6-4-2/h15-26,37-39H,3-14,27-30H2,1-2H3/t37-,38-,39-/m0/s1. The second-order valence-corrected chi connectivity index (χ2v) is 13.3. The molecule has 7 nitrogen and oxygen atoms in total. The van der Waals surface area contributed by atoms with Crippen LogP contribution in [0.2, 0.25) is 0 Å². The molecular formula is C42H53F3O7. The molecule has 0 spiro atoms. The summed E-state index contributed by atoms with van der Waals surface area (Å²) in [7, 11) is 0. The molecule has 0 N–H and O–H groups in total. The van der Waals surface area contributed by atoms with Crippen LogP contribution < -0.4 is 9.47 Å². The van der Waals surface area contributed by atoms with Crippen LogP contribution in [-0.4, -0.2) is 49.8 Å². The Morgan fingerprint density at radius 3 is 1.75 bits per heavy atom. The van der Waals surface area contributed by atoms with E-state index in [9.17, 15) is 22.8 Å². The molecule has 0 amide bonds. The van der Waals surface area contributed by atoms with Crippen molar-refractivity contribution in [1.82, 2.24) is 0 Å². The largest absolute Gasteiger partial charge is 0.494 e. The molecule has 284 valence electrons. The van der Waals surface area contributed by atoms with Crippen LogP contribution in [-0.2, 0) is 14.2 Å². The van der Waals surface area contributed by atoms with Gasteiger partial charge in [-0.2, -0.15) is 13.2 Å². The molecule has 0 radical (unpaired) electrons. The average Bonchev–Trinajstić information content (AvgIpc) is 3.14. The van der Waals surface area contributed by atoms with E-state index in [1.165, 1.54) is 69.2 Å². The van der Waals surface area contributed by atoms with Crippen molar-refractivity contribution in [3.05, 3.63) is 83.9 Å². The quantitative estimate of drug-likeness (QED) is 0.0614. The molecule has 3 aromatic carbocycles. The fraction of sp³-hybridized carbons (Fsp3) is 0.524. The van der Waals surface area contributed by atoms with Crippen LogP contribution >= 0.6 is 0 Å². The van der Waals surface area contributed by atoms with Crippen molar-refractivity contribution in [2.24, 2.45) is 0 Å². The van der Waals surface area contributed by atoms with Crippen molar-refractivity contribution in [2.45, 2.75) is 128 Å². The second-order valence-electron chi connectivity index (χ2n) is 13.3. The Morgan fingerprint density at radius 2 is 1.13 bits per heavy atom. The Balaban J connectivity index is 1.20. The Kier molecular flexibility index (Phi) is 17.0. The van der Waals surface area contributed by atoms with E-state index in [0.29, 0.717) is 18.6 Å². The predicted octanol–water partition coefficient (Wildman–Crippen LogP) is 11.3. The third-order valence-electron chi connectivity index (χ3n) is 9.09. The van der Waals surface area contributed by atoms with Crippen molar-refractivity contribution >= 4 is 11.9 Å². The highest BCUT2D eigenvalue weighted by Crippen LogP contribution is 2.35. The highest BCUT2D eigenvalue weighted by Gasteiger charge is 2.50. The summed E-state index contributed by atoms with van der Waals surface area (Å²) in [4.78, 5) is 25.5. The molecule has 1 heterocycles. The number of carbonyl (C=O) groups excluding carboxylic acids is 2. The Bertz CT molecular complexity index is 1470. The first-order chi connectivity index (χ1) is 25.2. The van der Waals surface area contributed by atoms with E-state index in [2.05, 4.69) is 13.8 Å². The summed E-state index contributed by atoms with van der Waals surface area (Å²) in [6.45, 7) is 5.21. The van der Waals surface area contributed by atoms with E-state index >= 15 is 0 Å². The lowest BCUT2D eigenvalue weighted by molar-refractivity contribution is -0.307. The Labute approximate surface area is 306 Å². The van der Waals surface area contributed by atoms with E-state index < -0.39 is 36.6 Å². The lowest BCUT2D eigenvalue weighted by Crippen LogP contribution is -2.50. The topological polar surface area (TPSA) is 80.3 Å². The van der Waals surface area contributed by atoms with Crippen LogP contribution in [0, 0.1) is 0 Å². The zero-order chi connectivity index (χ0) is 37.2. The van der Waals surface area contributed by atoms with Crippen LogP contribution in [0.3, 0.4) is 0 Å². The van der Waals surface area contributed by atoms with Crippen LogP contribution in [0.5, 0.6) is 11.5 Å². The third-order valence-corrected chi connectivity index (χ3v) is 9.09. The Hall–Kier alpha value is -3.89. The number of hydrogen-bond donors (Lipinski definition) is 0. The number of carbonyl (C=O) groups is 2. The molecule has 3 aromatic rings. The van der Waals surface area contributed by atoms with Crippen molar-refractivity contribution < 1.29 is 46.4 Å². The normalized spacial score (nSPS) is 17.4. The number of benzene rings is 3. The van der Waals surface area contributed by atoms with E-state index in [1.54, 1.807) is 12.1 Å². The minimum atomic E-state index is -4.67. The zero-order valence-electron chi connectivity index (χ0n) is 30.5. The van der Waals surface area contributed by atoms with Gasteiger partial charge in [-0.25, -0.2) is 9.59 Å². The van der Waals surface area contributed by atoms with Gasteiger partial charge in [0.1, 0.15) is 11.5 Å². The van der Waals surface area contributed by atoms with Gasteiger partial charge in [0.2, 0.25) is 6.29 Å². The average molecular weight is 727 g/mol. The lowest BCUT2D eigenvalue weighted by atomic mass is 10.0. The number of unbranched alkanes of at least 4 members (excludes halogenated alkanes) is 10. The molecule has 4 rings (SSSR count). The highest BCUT2D eigenvalue weighted by molar-refractivity contribution is 5.92. The van der Waals surface area contributed by atoms with E-state index in [1.807, 2.05) is 36.4 Å². The zero-order valence-corrected chi connectivity index (χ0v) is 30.5. The summed E-state index contributed by atoms with van der Waals surface area (Å²) in [5.74, 6) is -0.405. The van der Waals surface area contributed by atoms with Gasteiger partial charge in [0.25, 0.3) is 0 Å². The van der Waals surface area contributed by atoms with Gasteiger partial charge in [-0.15, -0.1) is 0 Å². The second kappa shape index (κ2) is 21.6. The molecule has 0 aromatic heterocycles. The van der Waals surface area contributed by atoms with Crippen LogP contribution in [0.4, 0.5) is 13.2 Å². The monoisotopic (exact) mass is 726 g/mol. The number of halogens is 3. The minimum Gasteiger partial charge on any atom is -0.494 e. The van der Waals surface area contributed by atoms with Gasteiger partial charge in [0, 0.05) is 13.0 Å². The maximum atomic E-state index is 13.7. The first-order valence-electron chi connectivity index (χ1n) is 18.9. The summed E-state index contributed by atoms with van der Waals surface area (Å²) in [6.07, 6.45) is 4.36. The van der Waals surface area contributed by atoms with Gasteiger partial charge in [-0.3, -0.25) is 0 Å².